The van der Waals surface area contributed by atoms with Crippen molar-refractivity contribution in [1.82, 2.24) is 14.8 Å². The van der Waals surface area contributed by atoms with E-state index in [0.717, 1.165) is 31.0 Å². The van der Waals surface area contributed by atoms with Crippen molar-refractivity contribution in [1.29, 1.82) is 0 Å². The van der Waals surface area contributed by atoms with Crippen molar-refractivity contribution in [3.8, 4) is 0 Å². The molecular weight excluding hydrogens is 226 g/mol. The molecule has 0 saturated carbocycles. The van der Waals surface area contributed by atoms with E-state index in [9.17, 15) is 5.11 Å². The molecule has 0 radical (unpaired) electrons. The van der Waals surface area contributed by atoms with Crippen LogP contribution in [0.25, 0.3) is 0 Å². The Balaban J connectivity index is 1.86. The van der Waals surface area contributed by atoms with E-state index in [1.165, 1.54) is 11.1 Å². The quantitative estimate of drug-likeness (QED) is 0.869. The standard InChI is InChI=1S/C14H17N3O/c1-10-3-2-4-11(7-10)8-13-15-16-14-9-12(18)5-6-17(13)14/h2-4,7,12,18H,5-6,8-9H2,1H3. The number of aliphatic hydroxyl groups is 1. The number of hydrogen-bond acceptors (Lipinski definition) is 3. The average molecular weight is 243 g/mol. The maximum atomic E-state index is 9.61. The molecule has 2 aromatic rings. The molecule has 3 rings (SSSR count). The van der Waals surface area contributed by atoms with Gasteiger partial charge in [0, 0.05) is 19.4 Å². The van der Waals surface area contributed by atoms with E-state index in [2.05, 4.69) is 46.0 Å². The lowest BCUT2D eigenvalue weighted by Gasteiger charge is -2.19. The molecule has 0 aliphatic carbocycles. The van der Waals surface area contributed by atoms with Crippen molar-refractivity contribution in [2.75, 3.05) is 0 Å². The van der Waals surface area contributed by atoms with Gasteiger partial charge in [0.1, 0.15) is 11.6 Å². The molecule has 94 valence electrons. The molecule has 18 heavy (non-hydrogen) atoms. The van der Waals surface area contributed by atoms with Crippen LogP contribution >= 0.6 is 0 Å². The van der Waals surface area contributed by atoms with Gasteiger partial charge in [0.25, 0.3) is 0 Å². The number of aromatic nitrogens is 3. The van der Waals surface area contributed by atoms with Gasteiger partial charge in [-0.1, -0.05) is 29.8 Å². The van der Waals surface area contributed by atoms with Crippen LogP contribution in [-0.4, -0.2) is 26.0 Å². The lowest BCUT2D eigenvalue weighted by molar-refractivity contribution is 0.141. The van der Waals surface area contributed by atoms with Crippen molar-refractivity contribution in [3.63, 3.8) is 0 Å². The first kappa shape index (κ1) is 11.4. The number of aryl methyl sites for hydroxylation is 1. The first-order chi connectivity index (χ1) is 8.72. The molecule has 4 heteroatoms. The van der Waals surface area contributed by atoms with E-state index >= 15 is 0 Å². The van der Waals surface area contributed by atoms with Crippen molar-refractivity contribution in [2.45, 2.75) is 38.8 Å². The van der Waals surface area contributed by atoms with Crippen LogP contribution in [0.1, 0.15) is 29.2 Å². The highest BCUT2D eigenvalue weighted by atomic mass is 16.3. The molecule has 0 fully saturated rings. The third-order valence-corrected chi connectivity index (χ3v) is 3.45. The summed E-state index contributed by atoms with van der Waals surface area (Å²) in [6.45, 7) is 2.92. The molecule has 0 saturated heterocycles. The number of hydrogen-bond donors (Lipinski definition) is 1. The molecule has 1 aromatic heterocycles. The Labute approximate surface area is 106 Å². The van der Waals surface area contributed by atoms with Crippen LogP contribution in [0.15, 0.2) is 24.3 Å². The first-order valence-corrected chi connectivity index (χ1v) is 6.37. The summed E-state index contributed by atoms with van der Waals surface area (Å²) in [5.41, 5.74) is 2.53. The van der Waals surface area contributed by atoms with E-state index in [1.54, 1.807) is 0 Å². The molecule has 0 bridgehead atoms. The second-order valence-electron chi connectivity index (χ2n) is 5.00. The first-order valence-electron chi connectivity index (χ1n) is 6.37. The third kappa shape index (κ3) is 2.16. The van der Waals surface area contributed by atoms with Gasteiger partial charge in [0.05, 0.1) is 6.10 Å². The summed E-state index contributed by atoms with van der Waals surface area (Å²) in [5, 5.41) is 18.0. The minimum Gasteiger partial charge on any atom is -0.393 e. The predicted molar refractivity (Wildman–Crippen MR) is 68.3 cm³/mol. The summed E-state index contributed by atoms with van der Waals surface area (Å²) in [6, 6.07) is 8.46. The maximum absolute atomic E-state index is 9.61. The Kier molecular flexibility index (Phi) is 2.88. The fourth-order valence-corrected chi connectivity index (χ4v) is 2.51. The van der Waals surface area contributed by atoms with E-state index in [-0.39, 0.29) is 6.10 Å². The Hall–Kier alpha value is -1.68. The largest absolute Gasteiger partial charge is 0.393 e. The highest BCUT2D eigenvalue weighted by molar-refractivity contribution is 5.25. The van der Waals surface area contributed by atoms with Crippen LogP contribution < -0.4 is 0 Å². The highest BCUT2D eigenvalue weighted by Crippen LogP contribution is 2.17. The van der Waals surface area contributed by atoms with Crippen molar-refractivity contribution >= 4 is 0 Å². The zero-order valence-corrected chi connectivity index (χ0v) is 10.5. The summed E-state index contributed by atoms with van der Waals surface area (Å²) >= 11 is 0. The van der Waals surface area contributed by atoms with Gasteiger partial charge >= 0.3 is 0 Å². The van der Waals surface area contributed by atoms with Crippen molar-refractivity contribution in [2.24, 2.45) is 0 Å². The van der Waals surface area contributed by atoms with Crippen LogP contribution in [0.5, 0.6) is 0 Å². The molecule has 1 aromatic carbocycles. The summed E-state index contributed by atoms with van der Waals surface area (Å²) in [6.07, 6.45) is 1.98. The van der Waals surface area contributed by atoms with Crippen LogP contribution in [0.4, 0.5) is 0 Å². The number of fused-ring (bicyclic) bond motifs is 1. The van der Waals surface area contributed by atoms with E-state index < -0.39 is 0 Å². The van der Waals surface area contributed by atoms with Gasteiger partial charge in [-0.3, -0.25) is 0 Å². The third-order valence-electron chi connectivity index (χ3n) is 3.45. The molecule has 4 nitrogen and oxygen atoms in total. The monoisotopic (exact) mass is 243 g/mol. The normalized spacial score (nSPS) is 18.7. The van der Waals surface area contributed by atoms with Gasteiger partial charge in [-0.15, -0.1) is 10.2 Å². The summed E-state index contributed by atoms with van der Waals surface area (Å²) in [4.78, 5) is 0. The minimum absolute atomic E-state index is 0.256. The van der Waals surface area contributed by atoms with Crippen molar-refractivity contribution < 1.29 is 5.11 Å². The minimum atomic E-state index is -0.256. The van der Waals surface area contributed by atoms with Crippen LogP contribution in [-0.2, 0) is 19.4 Å². The summed E-state index contributed by atoms with van der Waals surface area (Å²) in [5.74, 6) is 1.92. The number of rotatable bonds is 2. The smallest absolute Gasteiger partial charge is 0.137 e. The van der Waals surface area contributed by atoms with Crippen LogP contribution in [0.3, 0.4) is 0 Å². The molecule has 1 aliphatic rings. The average Bonchev–Trinajstić information content (AvgIpc) is 2.72. The topological polar surface area (TPSA) is 50.9 Å². The van der Waals surface area contributed by atoms with Crippen LogP contribution in [0.2, 0.25) is 0 Å². The van der Waals surface area contributed by atoms with E-state index in [4.69, 9.17) is 0 Å². The Morgan fingerprint density at radius 3 is 3.11 bits per heavy atom. The molecule has 1 atom stereocenters. The Morgan fingerprint density at radius 1 is 1.39 bits per heavy atom. The number of aliphatic hydroxyl groups excluding tert-OH is 1. The van der Waals surface area contributed by atoms with E-state index in [1.807, 2.05) is 0 Å². The van der Waals surface area contributed by atoms with E-state index in [0.29, 0.717) is 6.42 Å². The van der Waals surface area contributed by atoms with Crippen LogP contribution in [0, 0.1) is 6.92 Å². The molecule has 0 amide bonds. The van der Waals surface area contributed by atoms with Gasteiger partial charge in [-0.2, -0.15) is 0 Å². The van der Waals surface area contributed by atoms with Gasteiger partial charge in [-0.05, 0) is 18.9 Å². The molecule has 1 unspecified atom stereocenters. The zero-order chi connectivity index (χ0) is 12.5. The fraction of sp³-hybridized carbons (Fsp3) is 0.429. The van der Waals surface area contributed by atoms with Gasteiger partial charge in [0.15, 0.2) is 0 Å². The second-order valence-corrected chi connectivity index (χ2v) is 5.00. The molecule has 2 heterocycles. The Morgan fingerprint density at radius 2 is 2.28 bits per heavy atom. The van der Waals surface area contributed by atoms with Gasteiger partial charge < -0.3 is 9.67 Å². The Bertz CT molecular complexity index is 562. The van der Waals surface area contributed by atoms with Crippen molar-refractivity contribution in [3.05, 3.63) is 47.0 Å². The molecule has 1 aliphatic heterocycles. The van der Waals surface area contributed by atoms with Gasteiger partial charge in [0.2, 0.25) is 0 Å². The zero-order valence-electron chi connectivity index (χ0n) is 10.5. The predicted octanol–water partition coefficient (Wildman–Crippen LogP) is 1.48. The molecule has 0 spiro atoms. The fourth-order valence-electron chi connectivity index (χ4n) is 2.51. The second kappa shape index (κ2) is 4.53. The highest BCUT2D eigenvalue weighted by Gasteiger charge is 2.21. The lowest BCUT2D eigenvalue weighted by atomic mass is 10.1. The summed E-state index contributed by atoms with van der Waals surface area (Å²) in [7, 11) is 0. The number of benzene rings is 1. The summed E-state index contributed by atoms with van der Waals surface area (Å²) < 4.78 is 2.15. The SMILES string of the molecule is Cc1cccc(Cc2nnc3n2CCC(O)C3)c1. The number of nitrogens with zero attached hydrogens (tertiary/aromatic N) is 3. The maximum Gasteiger partial charge on any atom is 0.137 e. The molecular formula is C14H17N3O. The lowest BCUT2D eigenvalue weighted by Crippen LogP contribution is -2.24. The van der Waals surface area contributed by atoms with Gasteiger partial charge in [-0.25, -0.2) is 0 Å². The molecule has 1 N–H and O–H groups in total.